The first-order chi connectivity index (χ1) is 33.3. The lowest BCUT2D eigenvalue weighted by Gasteiger charge is -2.21. The van der Waals surface area contributed by atoms with Crippen LogP contribution in [0.3, 0.4) is 0 Å². The fraction of sp³-hybridized carbons (Fsp3) is 0.833. The predicted octanol–water partition coefficient (Wildman–Crippen LogP) is 8.25. The van der Waals surface area contributed by atoms with Crippen LogP contribution in [0.2, 0.25) is 0 Å². The van der Waals surface area contributed by atoms with Crippen molar-refractivity contribution in [2.75, 3.05) is 25.6 Å². The van der Waals surface area contributed by atoms with Gasteiger partial charge in [-0.3, -0.25) is 23.2 Å². The van der Waals surface area contributed by atoms with Gasteiger partial charge in [-0.1, -0.05) is 148 Å². The molecule has 9 atom stereocenters. The molecular weight excluding hydrogens is 952 g/mol. The van der Waals surface area contributed by atoms with Crippen molar-refractivity contribution in [2.24, 2.45) is 5.92 Å². The van der Waals surface area contributed by atoms with Crippen molar-refractivity contribution in [1.82, 2.24) is 9.55 Å². The minimum Gasteiger partial charge on any atom is -0.462 e. The number of aliphatic hydroxyl groups is 4. The molecule has 0 radical (unpaired) electrons. The summed E-state index contributed by atoms with van der Waals surface area (Å²) in [4.78, 5) is 61.9. The maximum Gasteiger partial charge on any atom is 0.481 e. The normalized spacial score (nSPS) is 20.3. The predicted molar refractivity (Wildman–Crippen MR) is 264 cm³/mol. The second kappa shape index (κ2) is 36.4. The van der Waals surface area contributed by atoms with Gasteiger partial charge in [0.1, 0.15) is 30.7 Å². The highest BCUT2D eigenvalue weighted by Crippen LogP contribution is 2.60. The zero-order chi connectivity index (χ0) is 51.8. The third kappa shape index (κ3) is 29.2. The average Bonchev–Trinajstić information content (AvgIpc) is 3.58. The van der Waals surface area contributed by atoms with Crippen LogP contribution in [0.15, 0.2) is 29.2 Å². The third-order valence-electron chi connectivity index (χ3n) is 12.0. The fourth-order valence-electron chi connectivity index (χ4n) is 7.82. The summed E-state index contributed by atoms with van der Waals surface area (Å²) in [5.41, 5.74) is 4.57. The molecule has 1 aromatic heterocycles. The SMILES string of the molecule is CCCCC/C=C\C[C@@H](O)[C@H](O)CCCCCCCC(=O)OC[C@H](COP(=O)(O)OP(=O)(O)OC[C@H]1O[C@@H](n2ccc(N)nc2=O)[C@H](O)[C@@H]1O)OC(=O)CCCCCCCCCCCCCCC(C)C. The molecule has 0 aromatic carbocycles. The number of hydrogen-bond donors (Lipinski definition) is 7. The number of esters is 2. The van der Waals surface area contributed by atoms with E-state index in [0.717, 1.165) is 80.9 Å². The number of phosphoric ester groups is 2. The first-order valence-electron chi connectivity index (χ1n) is 25.7. The molecule has 0 spiro atoms. The zero-order valence-corrected chi connectivity index (χ0v) is 43.8. The molecule has 0 bridgehead atoms. The summed E-state index contributed by atoms with van der Waals surface area (Å²) in [6.07, 6.45) is 18.9. The van der Waals surface area contributed by atoms with Crippen LogP contribution < -0.4 is 11.4 Å². The topological polar surface area (TPSA) is 306 Å². The molecule has 0 amide bonds. The molecule has 2 rings (SSSR count). The van der Waals surface area contributed by atoms with Crippen molar-refractivity contribution in [2.45, 2.75) is 231 Å². The summed E-state index contributed by atoms with van der Waals surface area (Å²) in [6, 6.07) is 1.24. The molecule has 1 saturated heterocycles. The van der Waals surface area contributed by atoms with E-state index in [0.29, 0.717) is 38.5 Å². The largest absolute Gasteiger partial charge is 0.481 e. The zero-order valence-electron chi connectivity index (χ0n) is 42.0. The van der Waals surface area contributed by atoms with E-state index >= 15 is 0 Å². The molecule has 406 valence electrons. The highest BCUT2D eigenvalue weighted by molar-refractivity contribution is 7.61. The van der Waals surface area contributed by atoms with Gasteiger partial charge in [-0.05, 0) is 50.5 Å². The Hall–Kier alpha value is -2.58. The highest BCUT2D eigenvalue weighted by atomic mass is 31.3. The third-order valence-corrected chi connectivity index (χ3v) is 14.6. The number of phosphoric acid groups is 2. The first-order valence-corrected chi connectivity index (χ1v) is 28.7. The molecule has 1 aliphatic heterocycles. The van der Waals surface area contributed by atoms with Crippen molar-refractivity contribution >= 4 is 33.4 Å². The summed E-state index contributed by atoms with van der Waals surface area (Å²) in [5, 5.41) is 41.4. The van der Waals surface area contributed by atoms with Gasteiger partial charge in [0.05, 0.1) is 25.4 Å². The summed E-state index contributed by atoms with van der Waals surface area (Å²) < 4.78 is 56.7. The van der Waals surface area contributed by atoms with E-state index in [1.54, 1.807) is 0 Å². The van der Waals surface area contributed by atoms with E-state index in [2.05, 4.69) is 30.1 Å². The van der Waals surface area contributed by atoms with E-state index in [9.17, 15) is 53.7 Å². The summed E-state index contributed by atoms with van der Waals surface area (Å²) in [6.45, 7) is 4.26. The summed E-state index contributed by atoms with van der Waals surface area (Å²) in [7, 11) is -10.9. The number of carbonyl (C=O) groups is 2. The van der Waals surface area contributed by atoms with Crippen LogP contribution in [-0.4, -0.2) is 108 Å². The molecule has 1 aliphatic rings. The van der Waals surface area contributed by atoms with Crippen LogP contribution >= 0.6 is 15.6 Å². The van der Waals surface area contributed by atoms with Crippen molar-refractivity contribution < 1.29 is 76.5 Å². The van der Waals surface area contributed by atoms with Gasteiger partial charge in [0.15, 0.2) is 12.3 Å². The van der Waals surface area contributed by atoms with Gasteiger partial charge in [-0.2, -0.15) is 9.29 Å². The number of nitrogen functional groups attached to an aromatic ring is 1. The van der Waals surface area contributed by atoms with Crippen LogP contribution in [0.5, 0.6) is 0 Å². The van der Waals surface area contributed by atoms with Gasteiger partial charge in [0.25, 0.3) is 0 Å². The minimum absolute atomic E-state index is 0.0223. The van der Waals surface area contributed by atoms with Crippen LogP contribution in [0.25, 0.3) is 0 Å². The van der Waals surface area contributed by atoms with Crippen molar-refractivity contribution in [1.29, 1.82) is 0 Å². The average molecular weight is 1040 g/mol. The van der Waals surface area contributed by atoms with E-state index < -0.39 is 95.9 Å². The fourth-order valence-corrected chi connectivity index (χ4v) is 9.93. The second-order valence-corrected chi connectivity index (χ2v) is 21.9. The molecule has 20 nitrogen and oxygen atoms in total. The molecule has 22 heteroatoms. The molecule has 2 heterocycles. The molecule has 2 unspecified atom stereocenters. The first kappa shape index (κ1) is 63.5. The van der Waals surface area contributed by atoms with Crippen LogP contribution in [-0.2, 0) is 46.3 Å². The van der Waals surface area contributed by atoms with Crippen molar-refractivity contribution in [3.8, 4) is 0 Å². The Labute approximate surface area is 415 Å². The van der Waals surface area contributed by atoms with Gasteiger partial charge < -0.3 is 50.2 Å². The number of nitrogens with two attached hydrogens (primary N) is 1. The van der Waals surface area contributed by atoms with Crippen molar-refractivity contribution in [3.63, 3.8) is 0 Å². The van der Waals surface area contributed by atoms with Crippen LogP contribution in [0.1, 0.15) is 194 Å². The highest BCUT2D eigenvalue weighted by Gasteiger charge is 2.46. The van der Waals surface area contributed by atoms with Gasteiger partial charge >= 0.3 is 33.3 Å². The monoisotopic (exact) mass is 1040 g/mol. The Balaban J connectivity index is 1.82. The Morgan fingerprint density at radius 3 is 1.90 bits per heavy atom. The number of aliphatic hydroxyl groups excluding tert-OH is 4. The Morgan fingerprint density at radius 2 is 1.31 bits per heavy atom. The number of ether oxygens (including phenoxy) is 3. The number of carbonyl (C=O) groups excluding carboxylic acids is 2. The van der Waals surface area contributed by atoms with Crippen LogP contribution in [0, 0.1) is 5.92 Å². The maximum atomic E-state index is 12.9. The minimum atomic E-state index is -5.45. The quantitative estimate of drug-likeness (QED) is 0.0140. The number of allylic oxidation sites excluding steroid dienone is 1. The van der Waals surface area contributed by atoms with E-state index in [4.69, 9.17) is 29.0 Å². The number of rotatable bonds is 42. The summed E-state index contributed by atoms with van der Waals surface area (Å²) in [5.74, 6) is -0.644. The van der Waals surface area contributed by atoms with Crippen LogP contribution in [0.4, 0.5) is 5.82 Å². The molecule has 0 aliphatic carbocycles. The lowest BCUT2D eigenvalue weighted by molar-refractivity contribution is -0.161. The number of anilines is 1. The molecule has 0 saturated carbocycles. The molecular formula is C48H87N3O17P2. The maximum absolute atomic E-state index is 12.9. The Bertz CT molecular complexity index is 1770. The second-order valence-electron chi connectivity index (χ2n) is 18.8. The summed E-state index contributed by atoms with van der Waals surface area (Å²) >= 11 is 0. The molecule has 8 N–H and O–H groups in total. The number of unbranched alkanes of at least 4 members (excludes halogenated alkanes) is 18. The van der Waals surface area contributed by atoms with Gasteiger partial charge in [0, 0.05) is 19.0 Å². The van der Waals surface area contributed by atoms with E-state index in [1.165, 1.54) is 57.4 Å². The Kier molecular flexibility index (Phi) is 33.0. The van der Waals surface area contributed by atoms with Gasteiger partial charge in [-0.25, -0.2) is 13.9 Å². The smallest absolute Gasteiger partial charge is 0.462 e. The van der Waals surface area contributed by atoms with E-state index in [-0.39, 0.29) is 18.7 Å². The Morgan fingerprint density at radius 1 is 0.757 bits per heavy atom. The van der Waals surface area contributed by atoms with Crippen molar-refractivity contribution in [3.05, 3.63) is 34.9 Å². The number of nitrogens with zero attached hydrogens (tertiary/aromatic N) is 2. The molecule has 1 fully saturated rings. The van der Waals surface area contributed by atoms with Gasteiger partial charge in [-0.15, -0.1) is 0 Å². The van der Waals surface area contributed by atoms with E-state index in [1.807, 2.05) is 12.2 Å². The lowest BCUT2D eigenvalue weighted by atomic mass is 10.0. The number of aromatic nitrogens is 2. The van der Waals surface area contributed by atoms with Gasteiger partial charge in [0.2, 0.25) is 0 Å². The number of hydrogen-bond acceptors (Lipinski definition) is 17. The molecule has 70 heavy (non-hydrogen) atoms. The molecule has 1 aromatic rings. The standard InChI is InChI=1S/C48H87N3O17P2/c1-4-5-6-7-18-23-28-39(52)40(53)29-24-19-16-21-25-30-43(54)63-34-38(66-44(55)31-26-20-15-13-11-9-8-10-12-14-17-22-27-37(2)3)35-64-69(59,60)68-70(61,62)65-36-41-45(56)46(57)47(67-41)51-33-32-42(49)50-48(51)58/h18,23,32-33,37-41,45-47,52-53,56-57H,4-17,19-22,24-31,34-36H2,1-3H3,(H,59,60)(H,61,62)(H2,49,50,58)/b23-18-/t38-,39-,40-,41-,45-,46-,47-/m1/s1. The lowest BCUT2D eigenvalue weighted by Crippen LogP contribution is -2.36.